The van der Waals surface area contributed by atoms with E-state index in [0.717, 1.165) is 4.70 Å². The van der Waals surface area contributed by atoms with Gasteiger partial charge in [-0.05, 0) is 24.1 Å². The highest BCUT2D eigenvalue weighted by atomic mass is 32.2. The van der Waals surface area contributed by atoms with Crippen LogP contribution in [0.1, 0.15) is 23.4 Å². The first kappa shape index (κ1) is 21.7. The number of thiazole rings is 1. The Morgan fingerprint density at radius 2 is 1.97 bits per heavy atom. The number of aliphatic carboxylic acids is 3. The van der Waals surface area contributed by atoms with Crippen molar-refractivity contribution in [1.82, 2.24) is 10.3 Å². The van der Waals surface area contributed by atoms with Crippen LogP contribution in [-0.4, -0.2) is 67.0 Å². The van der Waals surface area contributed by atoms with Gasteiger partial charge in [0, 0.05) is 12.2 Å². The van der Waals surface area contributed by atoms with E-state index in [-0.39, 0.29) is 19.3 Å². The van der Waals surface area contributed by atoms with Crippen molar-refractivity contribution in [1.29, 1.82) is 0 Å². The largest absolute Gasteiger partial charge is 0.481 e. The molecule has 0 saturated heterocycles. The first-order valence-electron chi connectivity index (χ1n) is 8.80. The fourth-order valence-corrected chi connectivity index (χ4v) is 4.87. The Morgan fingerprint density at radius 1 is 1.20 bits per heavy atom. The van der Waals surface area contributed by atoms with Crippen LogP contribution in [0.15, 0.2) is 23.2 Å². The molecule has 3 rings (SSSR count). The van der Waals surface area contributed by atoms with Crippen LogP contribution in [0.5, 0.6) is 0 Å². The smallest absolute Gasteiger partial charge is 0.329 e. The number of carbonyl (C=O) groups excluding carboxylic acids is 1. The van der Waals surface area contributed by atoms with Gasteiger partial charge < -0.3 is 20.6 Å². The lowest BCUT2D eigenvalue weighted by Gasteiger charge is -2.13. The second-order valence-electron chi connectivity index (χ2n) is 6.49. The molecule has 0 aliphatic carbocycles. The molecule has 1 aromatic carbocycles. The zero-order valence-electron chi connectivity index (χ0n) is 15.4. The zero-order valence-corrected chi connectivity index (χ0v) is 17.0. The maximum atomic E-state index is 12.2. The Kier molecular flexibility index (Phi) is 6.67. The van der Waals surface area contributed by atoms with Crippen LogP contribution in [0.2, 0.25) is 0 Å². The standard InChI is InChI=1S/C18H17N3O7S2/c22-13(19-10(17(25)26)3-4-14(23)24)6-8-1-2-9-12(5-8)30-16(20-9)15-21-11(7-29-15)18(27)28/h1-2,5,10-11H,3-4,6-7H2,(H,19,22)(H,23,24)(H,25,26)(H,27,28)/t10-,11+/m0/s1. The van der Waals surface area contributed by atoms with Gasteiger partial charge in [0.15, 0.2) is 6.04 Å². The number of amides is 1. The van der Waals surface area contributed by atoms with E-state index in [0.29, 0.717) is 26.9 Å². The fourth-order valence-electron chi connectivity index (χ4n) is 2.74. The lowest BCUT2D eigenvalue weighted by Crippen LogP contribution is -2.41. The molecule has 0 unspecified atom stereocenters. The molecule has 0 bridgehead atoms. The molecule has 1 aromatic heterocycles. The highest BCUT2D eigenvalue weighted by molar-refractivity contribution is 8.15. The summed E-state index contributed by atoms with van der Waals surface area (Å²) in [5.41, 5.74) is 1.33. The van der Waals surface area contributed by atoms with Crippen molar-refractivity contribution >= 4 is 62.2 Å². The van der Waals surface area contributed by atoms with E-state index < -0.39 is 35.9 Å². The maximum Gasteiger partial charge on any atom is 0.329 e. The third kappa shape index (κ3) is 5.33. The number of nitrogens with one attached hydrogen (secondary N) is 1. The van der Waals surface area contributed by atoms with Crippen molar-refractivity contribution in [2.24, 2.45) is 4.99 Å². The second kappa shape index (κ2) is 9.22. The van der Waals surface area contributed by atoms with Gasteiger partial charge in [0.25, 0.3) is 0 Å². The van der Waals surface area contributed by atoms with Gasteiger partial charge in [-0.3, -0.25) is 14.6 Å². The number of hydrogen-bond donors (Lipinski definition) is 4. The molecule has 4 N–H and O–H groups in total. The number of carboxylic acid groups (broad SMARTS) is 3. The number of aromatic nitrogens is 1. The van der Waals surface area contributed by atoms with Gasteiger partial charge in [-0.25, -0.2) is 14.6 Å². The van der Waals surface area contributed by atoms with Crippen LogP contribution in [-0.2, 0) is 25.6 Å². The van der Waals surface area contributed by atoms with Gasteiger partial charge in [-0.1, -0.05) is 6.07 Å². The minimum absolute atomic E-state index is 0.0726. The Bertz CT molecular complexity index is 1050. The van der Waals surface area contributed by atoms with E-state index in [1.165, 1.54) is 23.1 Å². The van der Waals surface area contributed by atoms with Gasteiger partial charge in [-0.2, -0.15) is 0 Å². The number of carboxylic acids is 3. The number of benzene rings is 1. The van der Waals surface area contributed by atoms with Crippen LogP contribution in [0.25, 0.3) is 10.2 Å². The Morgan fingerprint density at radius 3 is 2.60 bits per heavy atom. The molecule has 2 atom stereocenters. The molecular weight excluding hydrogens is 434 g/mol. The van der Waals surface area contributed by atoms with E-state index in [4.69, 9.17) is 15.3 Å². The number of aliphatic imine (C=N–C) groups is 1. The summed E-state index contributed by atoms with van der Waals surface area (Å²) in [7, 11) is 0. The second-order valence-corrected chi connectivity index (χ2v) is 8.53. The Balaban J connectivity index is 1.69. The monoisotopic (exact) mass is 451 g/mol. The predicted octanol–water partition coefficient (Wildman–Crippen LogP) is 1.22. The molecule has 0 fully saturated rings. The molecule has 0 saturated carbocycles. The van der Waals surface area contributed by atoms with Crippen LogP contribution >= 0.6 is 23.1 Å². The lowest BCUT2D eigenvalue weighted by molar-refractivity contribution is -0.143. The van der Waals surface area contributed by atoms with Crippen molar-refractivity contribution in [3.63, 3.8) is 0 Å². The average molecular weight is 451 g/mol. The van der Waals surface area contributed by atoms with Crippen molar-refractivity contribution in [2.45, 2.75) is 31.3 Å². The highest BCUT2D eigenvalue weighted by Crippen LogP contribution is 2.30. The zero-order chi connectivity index (χ0) is 21.8. The molecule has 0 spiro atoms. The molecule has 1 amide bonds. The van der Waals surface area contributed by atoms with Crippen molar-refractivity contribution < 1.29 is 34.5 Å². The minimum atomic E-state index is -1.29. The van der Waals surface area contributed by atoms with Gasteiger partial charge in [-0.15, -0.1) is 23.1 Å². The quantitative estimate of drug-likeness (QED) is 0.438. The molecule has 12 heteroatoms. The molecule has 158 valence electrons. The maximum absolute atomic E-state index is 12.2. The normalized spacial score (nSPS) is 16.8. The molecule has 1 aliphatic heterocycles. The first-order valence-corrected chi connectivity index (χ1v) is 10.6. The molecule has 2 aromatic rings. The average Bonchev–Trinajstić information content (AvgIpc) is 3.31. The van der Waals surface area contributed by atoms with Gasteiger partial charge >= 0.3 is 17.9 Å². The van der Waals surface area contributed by atoms with Gasteiger partial charge in [0.05, 0.1) is 16.6 Å². The fraction of sp³-hybridized carbons (Fsp3) is 0.333. The first-order chi connectivity index (χ1) is 14.2. The molecule has 30 heavy (non-hydrogen) atoms. The Hall–Kier alpha value is -2.99. The molecule has 10 nitrogen and oxygen atoms in total. The molecule has 2 heterocycles. The predicted molar refractivity (Wildman–Crippen MR) is 110 cm³/mol. The van der Waals surface area contributed by atoms with Crippen LogP contribution in [0, 0.1) is 0 Å². The number of fused-ring (bicyclic) bond motifs is 1. The number of carbonyl (C=O) groups is 4. The Labute approximate surface area is 178 Å². The molecule has 1 aliphatic rings. The summed E-state index contributed by atoms with van der Waals surface area (Å²) in [4.78, 5) is 53.7. The topological polar surface area (TPSA) is 166 Å². The van der Waals surface area contributed by atoms with Crippen molar-refractivity contribution in [3.8, 4) is 0 Å². The summed E-state index contributed by atoms with van der Waals surface area (Å²) >= 11 is 2.67. The van der Waals surface area contributed by atoms with E-state index in [1.54, 1.807) is 18.2 Å². The lowest BCUT2D eigenvalue weighted by atomic mass is 10.1. The summed E-state index contributed by atoms with van der Waals surface area (Å²) in [6.07, 6.45) is -0.640. The summed E-state index contributed by atoms with van der Waals surface area (Å²) in [5.74, 6) is -3.58. The highest BCUT2D eigenvalue weighted by Gasteiger charge is 2.27. The van der Waals surface area contributed by atoms with Crippen LogP contribution in [0.3, 0.4) is 0 Å². The SMILES string of the molecule is O=C(O)CC[C@H](NC(=O)Cc1ccc2nc(C3=N[C@@H](C(=O)O)CS3)sc2c1)C(=O)O. The van der Waals surface area contributed by atoms with Crippen LogP contribution < -0.4 is 5.32 Å². The number of rotatable bonds is 9. The van der Waals surface area contributed by atoms with Crippen LogP contribution in [0.4, 0.5) is 0 Å². The number of nitrogens with zero attached hydrogens (tertiary/aromatic N) is 2. The number of thioether (sulfide) groups is 1. The van der Waals surface area contributed by atoms with E-state index in [2.05, 4.69) is 15.3 Å². The van der Waals surface area contributed by atoms with Gasteiger partial charge in [0.2, 0.25) is 5.91 Å². The number of hydrogen-bond acceptors (Lipinski definition) is 8. The third-order valence-electron chi connectivity index (χ3n) is 4.22. The van der Waals surface area contributed by atoms with E-state index >= 15 is 0 Å². The van der Waals surface area contributed by atoms with E-state index in [9.17, 15) is 19.2 Å². The summed E-state index contributed by atoms with van der Waals surface area (Å²) < 4.78 is 0.790. The van der Waals surface area contributed by atoms with Crippen molar-refractivity contribution in [2.75, 3.05) is 5.75 Å². The van der Waals surface area contributed by atoms with Crippen molar-refractivity contribution in [3.05, 3.63) is 28.8 Å². The van der Waals surface area contributed by atoms with Gasteiger partial charge in [0.1, 0.15) is 16.1 Å². The molecule has 0 radical (unpaired) electrons. The summed E-state index contributed by atoms with van der Waals surface area (Å²) in [5, 5.41) is 30.4. The summed E-state index contributed by atoms with van der Waals surface area (Å²) in [6.45, 7) is 0. The third-order valence-corrected chi connectivity index (χ3v) is 6.43. The minimum Gasteiger partial charge on any atom is -0.481 e. The van der Waals surface area contributed by atoms with E-state index in [1.807, 2.05) is 0 Å². The summed E-state index contributed by atoms with van der Waals surface area (Å²) in [6, 6.07) is 3.14. The molecular formula is C18H17N3O7S2.